The predicted molar refractivity (Wildman–Crippen MR) is 87.4 cm³/mol. The van der Waals surface area contributed by atoms with E-state index in [0.29, 0.717) is 12.1 Å². The molecule has 21 heavy (non-hydrogen) atoms. The van der Waals surface area contributed by atoms with E-state index in [4.69, 9.17) is 0 Å². The minimum absolute atomic E-state index is 0.0122. The summed E-state index contributed by atoms with van der Waals surface area (Å²) in [5.74, 6) is 0.234. The molecule has 0 aromatic carbocycles. The van der Waals surface area contributed by atoms with Crippen LogP contribution in [0.2, 0.25) is 0 Å². The van der Waals surface area contributed by atoms with Gasteiger partial charge in [-0.05, 0) is 52.1 Å². The third-order valence-electron chi connectivity index (χ3n) is 5.01. The summed E-state index contributed by atoms with van der Waals surface area (Å²) in [6.45, 7) is 7.43. The molecule has 0 bridgehead atoms. The minimum atomic E-state index is 0.0122. The summed E-state index contributed by atoms with van der Waals surface area (Å²) >= 11 is 0. The lowest BCUT2D eigenvalue weighted by Gasteiger charge is -2.37. The lowest BCUT2D eigenvalue weighted by molar-refractivity contribution is -0.127. The number of carbonyl (C=O) groups excluding carboxylic acids is 1. The maximum atomic E-state index is 12.5. The summed E-state index contributed by atoms with van der Waals surface area (Å²) in [7, 11) is 0. The van der Waals surface area contributed by atoms with Gasteiger partial charge in [0.25, 0.3) is 0 Å². The Morgan fingerprint density at radius 2 is 1.86 bits per heavy atom. The van der Waals surface area contributed by atoms with E-state index < -0.39 is 0 Å². The molecule has 2 unspecified atom stereocenters. The molecule has 0 aromatic rings. The Balaban J connectivity index is 1.77. The zero-order valence-corrected chi connectivity index (χ0v) is 13.9. The van der Waals surface area contributed by atoms with Crippen molar-refractivity contribution >= 4 is 5.91 Å². The highest BCUT2D eigenvalue weighted by atomic mass is 16.2. The molecule has 1 saturated carbocycles. The average Bonchev–Trinajstić information content (AvgIpc) is 2.53. The van der Waals surface area contributed by atoms with Gasteiger partial charge in [0.2, 0.25) is 5.91 Å². The number of carbonyl (C=O) groups is 1. The topological polar surface area (TPSA) is 44.4 Å². The molecule has 2 atom stereocenters. The van der Waals surface area contributed by atoms with Crippen molar-refractivity contribution in [1.29, 1.82) is 0 Å². The van der Waals surface area contributed by atoms with Gasteiger partial charge in [-0.3, -0.25) is 9.69 Å². The Labute approximate surface area is 130 Å². The van der Waals surface area contributed by atoms with E-state index in [9.17, 15) is 4.79 Å². The predicted octanol–water partition coefficient (Wildman–Crippen LogP) is 2.29. The van der Waals surface area contributed by atoms with Crippen LogP contribution in [0, 0.1) is 0 Å². The van der Waals surface area contributed by atoms with Gasteiger partial charge in [0.05, 0.1) is 6.04 Å². The molecule has 1 aliphatic heterocycles. The van der Waals surface area contributed by atoms with Crippen LogP contribution >= 0.6 is 0 Å². The first-order valence-electron chi connectivity index (χ1n) is 8.98. The third-order valence-corrected chi connectivity index (χ3v) is 5.01. The molecule has 4 heteroatoms. The lowest BCUT2D eigenvalue weighted by Crippen LogP contribution is -2.54. The van der Waals surface area contributed by atoms with Gasteiger partial charge in [-0.2, -0.15) is 0 Å². The monoisotopic (exact) mass is 295 g/mol. The SMILES string of the molecule is CCCNC1CCCN(C(C)C(=O)NC2CCCCC2)C1. The zero-order valence-electron chi connectivity index (χ0n) is 13.9. The minimum Gasteiger partial charge on any atom is -0.352 e. The molecule has 0 aromatic heterocycles. The summed E-state index contributed by atoms with van der Waals surface area (Å²) in [4.78, 5) is 14.8. The molecule has 1 saturated heterocycles. The zero-order chi connectivity index (χ0) is 15.1. The molecule has 0 radical (unpaired) electrons. The number of piperidine rings is 1. The van der Waals surface area contributed by atoms with Gasteiger partial charge in [-0.1, -0.05) is 26.2 Å². The fourth-order valence-electron chi connectivity index (χ4n) is 3.61. The number of nitrogens with one attached hydrogen (secondary N) is 2. The summed E-state index contributed by atoms with van der Waals surface area (Å²) in [6.07, 6.45) is 9.82. The van der Waals surface area contributed by atoms with Crippen LogP contribution in [0.3, 0.4) is 0 Å². The summed E-state index contributed by atoms with van der Waals surface area (Å²) in [5.41, 5.74) is 0. The van der Waals surface area contributed by atoms with Gasteiger partial charge in [0.1, 0.15) is 0 Å². The highest BCUT2D eigenvalue weighted by Crippen LogP contribution is 2.18. The summed E-state index contributed by atoms with van der Waals surface area (Å²) < 4.78 is 0. The van der Waals surface area contributed by atoms with Crippen LogP contribution < -0.4 is 10.6 Å². The van der Waals surface area contributed by atoms with E-state index in [1.807, 2.05) is 0 Å². The van der Waals surface area contributed by atoms with Gasteiger partial charge < -0.3 is 10.6 Å². The number of amides is 1. The smallest absolute Gasteiger partial charge is 0.237 e. The summed E-state index contributed by atoms with van der Waals surface area (Å²) in [6, 6.07) is 0.995. The fourth-order valence-corrected chi connectivity index (χ4v) is 3.61. The summed E-state index contributed by atoms with van der Waals surface area (Å²) in [5, 5.41) is 6.88. The second kappa shape index (κ2) is 8.74. The van der Waals surface area contributed by atoms with E-state index >= 15 is 0 Å². The van der Waals surface area contributed by atoms with Gasteiger partial charge in [0, 0.05) is 18.6 Å². The van der Waals surface area contributed by atoms with Crippen molar-refractivity contribution in [2.75, 3.05) is 19.6 Å². The van der Waals surface area contributed by atoms with E-state index in [1.165, 1.54) is 51.4 Å². The standard InChI is InChI=1S/C17H33N3O/c1-3-11-18-16-10-7-12-20(13-16)14(2)17(21)19-15-8-5-4-6-9-15/h14-16,18H,3-13H2,1-2H3,(H,19,21). The van der Waals surface area contributed by atoms with Crippen LogP contribution in [0.25, 0.3) is 0 Å². The quantitative estimate of drug-likeness (QED) is 0.790. The molecule has 1 aliphatic carbocycles. The van der Waals surface area contributed by atoms with E-state index in [1.54, 1.807) is 0 Å². The maximum absolute atomic E-state index is 12.5. The van der Waals surface area contributed by atoms with Crippen molar-refractivity contribution in [3.05, 3.63) is 0 Å². The number of hydrogen-bond acceptors (Lipinski definition) is 3. The highest BCUT2D eigenvalue weighted by molar-refractivity contribution is 5.81. The maximum Gasteiger partial charge on any atom is 0.237 e. The molecule has 2 rings (SSSR count). The first kappa shape index (κ1) is 16.8. The number of nitrogens with zero attached hydrogens (tertiary/aromatic N) is 1. The Bertz CT molecular complexity index is 315. The first-order chi connectivity index (χ1) is 10.2. The molecule has 1 heterocycles. The number of hydrogen-bond donors (Lipinski definition) is 2. The fraction of sp³-hybridized carbons (Fsp3) is 0.941. The van der Waals surface area contributed by atoms with Crippen molar-refractivity contribution in [1.82, 2.24) is 15.5 Å². The molecule has 122 valence electrons. The third kappa shape index (κ3) is 5.26. The molecule has 0 spiro atoms. The van der Waals surface area contributed by atoms with Gasteiger partial charge in [-0.15, -0.1) is 0 Å². The second-order valence-electron chi connectivity index (χ2n) is 6.81. The molecular formula is C17H33N3O. The molecule has 2 N–H and O–H groups in total. The molecular weight excluding hydrogens is 262 g/mol. The van der Waals surface area contributed by atoms with Crippen LogP contribution in [0.1, 0.15) is 65.2 Å². The first-order valence-corrected chi connectivity index (χ1v) is 8.98. The lowest BCUT2D eigenvalue weighted by atomic mass is 9.95. The van der Waals surface area contributed by atoms with Gasteiger partial charge in [0.15, 0.2) is 0 Å². The Morgan fingerprint density at radius 1 is 1.14 bits per heavy atom. The van der Waals surface area contributed by atoms with Crippen LogP contribution in [-0.4, -0.2) is 48.6 Å². The Morgan fingerprint density at radius 3 is 2.57 bits per heavy atom. The Kier molecular flexibility index (Phi) is 6.97. The van der Waals surface area contributed by atoms with Gasteiger partial charge in [-0.25, -0.2) is 0 Å². The van der Waals surface area contributed by atoms with Crippen molar-refractivity contribution in [2.24, 2.45) is 0 Å². The molecule has 4 nitrogen and oxygen atoms in total. The largest absolute Gasteiger partial charge is 0.352 e. The normalized spacial score (nSPS) is 26.5. The van der Waals surface area contributed by atoms with Crippen LogP contribution in [0.15, 0.2) is 0 Å². The van der Waals surface area contributed by atoms with Crippen LogP contribution in [0.5, 0.6) is 0 Å². The molecule has 1 amide bonds. The van der Waals surface area contributed by atoms with Crippen molar-refractivity contribution in [2.45, 2.75) is 83.3 Å². The van der Waals surface area contributed by atoms with Gasteiger partial charge >= 0.3 is 0 Å². The van der Waals surface area contributed by atoms with E-state index in [2.05, 4.69) is 29.4 Å². The number of likely N-dealkylation sites (tertiary alicyclic amines) is 1. The van der Waals surface area contributed by atoms with Crippen molar-refractivity contribution in [3.8, 4) is 0 Å². The van der Waals surface area contributed by atoms with Crippen molar-refractivity contribution in [3.63, 3.8) is 0 Å². The highest BCUT2D eigenvalue weighted by Gasteiger charge is 2.28. The molecule has 2 fully saturated rings. The van der Waals surface area contributed by atoms with Crippen LogP contribution in [-0.2, 0) is 4.79 Å². The van der Waals surface area contributed by atoms with E-state index in [-0.39, 0.29) is 11.9 Å². The Hall–Kier alpha value is -0.610. The average molecular weight is 295 g/mol. The number of rotatable bonds is 6. The van der Waals surface area contributed by atoms with E-state index in [0.717, 1.165) is 19.6 Å². The second-order valence-corrected chi connectivity index (χ2v) is 6.81. The molecule has 2 aliphatic rings. The van der Waals surface area contributed by atoms with Crippen LogP contribution in [0.4, 0.5) is 0 Å². The van der Waals surface area contributed by atoms with Crippen molar-refractivity contribution < 1.29 is 4.79 Å².